The Morgan fingerprint density at radius 2 is 1.27 bits per heavy atom. The SMILES string of the molecule is Brc1cccc2c1-c1ccccc1C21c2ccccc2-c2ncccc21. The second kappa shape index (κ2) is 4.93. The fourth-order valence-corrected chi connectivity index (χ4v) is 5.53. The second-order valence-corrected chi connectivity index (χ2v) is 7.76. The van der Waals surface area contributed by atoms with Crippen LogP contribution in [-0.4, -0.2) is 4.98 Å². The average molecular weight is 396 g/mol. The second-order valence-electron chi connectivity index (χ2n) is 6.90. The van der Waals surface area contributed by atoms with E-state index < -0.39 is 0 Å². The summed E-state index contributed by atoms with van der Waals surface area (Å²) in [6.45, 7) is 0. The molecule has 1 nitrogen and oxygen atoms in total. The van der Waals surface area contributed by atoms with Gasteiger partial charge in [-0.3, -0.25) is 4.98 Å². The quantitative estimate of drug-likeness (QED) is 0.298. The number of benzene rings is 3. The molecule has 1 atom stereocenters. The summed E-state index contributed by atoms with van der Waals surface area (Å²) in [6.07, 6.45) is 1.90. The molecule has 2 aliphatic carbocycles. The van der Waals surface area contributed by atoms with Gasteiger partial charge in [-0.2, -0.15) is 0 Å². The van der Waals surface area contributed by atoms with Crippen LogP contribution in [0.1, 0.15) is 22.3 Å². The van der Waals surface area contributed by atoms with Gasteiger partial charge in [-0.15, -0.1) is 0 Å². The van der Waals surface area contributed by atoms with Gasteiger partial charge in [0.1, 0.15) is 0 Å². The third kappa shape index (κ3) is 1.51. The van der Waals surface area contributed by atoms with Gasteiger partial charge >= 0.3 is 0 Å². The van der Waals surface area contributed by atoms with Gasteiger partial charge in [-0.1, -0.05) is 82.7 Å². The maximum Gasteiger partial charge on any atom is 0.0753 e. The molecule has 4 aromatic rings. The highest BCUT2D eigenvalue weighted by atomic mass is 79.9. The van der Waals surface area contributed by atoms with E-state index in [4.69, 9.17) is 4.98 Å². The minimum atomic E-state index is -0.282. The van der Waals surface area contributed by atoms with Crippen LogP contribution in [0.5, 0.6) is 0 Å². The standard InChI is InChI=1S/C24H14BrN/c25-21-13-5-11-19-22(21)15-7-1-3-9-17(15)24(19)18-10-4-2-8-16(18)23-20(24)12-6-14-26-23/h1-14H. The zero-order valence-electron chi connectivity index (χ0n) is 13.9. The van der Waals surface area contributed by atoms with Crippen LogP contribution in [0.2, 0.25) is 0 Å². The van der Waals surface area contributed by atoms with E-state index >= 15 is 0 Å². The molecule has 1 aromatic heterocycles. The monoisotopic (exact) mass is 395 g/mol. The molecule has 0 saturated carbocycles. The number of pyridine rings is 1. The van der Waals surface area contributed by atoms with Crippen LogP contribution in [0.15, 0.2) is 89.5 Å². The fraction of sp³-hybridized carbons (Fsp3) is 0.0417. The fourth-order valence-electron chi connectivity index (χ4n) is 4.95. The lowest BCUT2D eigenvalue weighted by Gasteiger charge is -2.30. The first kappa shape index (κ1) is 14.5. The van der Waals surface area contributed by atoms with Crippen LogP contribution in [0.3, 0.4) is 0 Å². The Morgan fingerprint density at radius 3 is 2.12 bits per heavy atom. The first-order valence-electron chi connectivity index (χ1n) is 8.77. The van der Waals surface area contributed by atoms with Crippen molar-refractivity contribution < 1.29 is 0 Å². The average Bonchev–Trinajstić information content (AvgIpc) is 3.16. The highest BCUT2D eigenvalue weighted by molar-refractivity contribution is 9.10. The number of aromatic nitrogens is 1. The Kier molecular flexibility index (Phi) is 2.74. The smallest absolute Gasteiger partial charge is 0.0753 e. The number of nitrogens with zero attached hydrogens (tertiary/aromatic N) is 1. The van der Waals surface area contributed by atoms with Gasteiger partial charge in [0.2, 0.25) is 0 Å². The summed E-state index contributed by atoms with van der Waals surface area (Å²) in [5.74, 6) is 0. The molecule has 122 valence electrons. The molecule has 0 amide bonds. The Balaban J connectivity index is 1.89. The minimum absolute atomic E-state index is 0.282. The van der Waals surface area contributed by atoms with E-state index in [0.717, 1.165) is 10.2 Å². The zero-order valence-corrected chi connectivity index (χ0v) is 15.5. The first-order valence-corrected chi connectivity index (χ1v) is 9.57. The van der Waals surface area contributed by atoms with Crippen molar-refractivity contribution in [2.75, 3.05) is 0 Å². The van der Waals surface area contributed by atoms with Crippen molar-refractivity contribution in [3.8, 4) is 22.4 Å². The van der Waals surface area contributed by atoms with Gasteiger partial charge in [0.05, 0.1) is 11.1 Å². The Bertz CT molecular complexity index is 1160. The lowest BCUT2D eigenvalue weighted by molar-refractivity contribution is 0.791. The lowest BCUT2D eigenvalue weighted by atomic mass is 9.71. The largest absolute Gasteiger partial charge is 0.256 e. The Labute approximate surface area is 160 Å². The number of hydrogen-bond acceptors (Lipinski definition) is 1. The number of rotatable bonds is 0. The minimum Gasteiger partial charge on any atom is -0.256 e. The molecule has 2 heteroatoms. The molecule has 1 heterocycles. The van der Waals surface area contributed by atoms with Crippen molar-refractivity contribution in [3.05, 3.63) is 112 Å². The molecule has 2 aliphatic rings. The van der Waals surface area contributed by atoms with Crippen LogP contribution in [0.25, 0.3) is 22.4 Å². The predicted molar refractivity (Wildman–Crippen MR) is 108 cm³/mol. The molecule has 3 aromatic carbocycles. The van der Waals surface area contributed by atoms with Gasteiger partial charge in [0.15, 0.2) is 0 Å². The molecular formula is C24H14BrN. The van der Waals surface area contributed by atoms with Crippen LogP contribution < -0.4 is 0 Å². The maximum absolute atomic E-state index is 4.78. The van der Waals surface area contributed by atoms with Crippen molar-refractivity contribution in [2.24, 2.45) is 0 Å². The van der Waals surface area contributed by atoms with Crippen molar-refractivity contribution in [1.29, 1.82) is 0 Å². The van der Waals surface area contributed by atoms with Gasteiger partial charge < -0.3 is 0 Å². The summed E-state index contributed by atoms with van der Waals surface area (Å²) < 4.78 is 1.15. The topological polar surface area (TPSA) is 12.9 Å². The summed E-state index contributed by atoms with van der Waals surface area (Å²) in [5.41, 5.74) is 9.97. The van der Waals surface area contributed by atoms with E-state index in [1.54, 1.807) is 0 Å². The van der Waals surface area contributed by atoms with E-state index in [9.17, 15) is 0 Å². The summed E-state index contributed by atoms with van der Waals surface area (Å²) in [6, 6.07) is 28.4. The van der Waals surface area contributed by atoms with Crippen molar-refractivity contribution in [2.45, 2.75) is 5.41 Å². The maximum atomic E-state index is 4.78. The molecule has 6 rings (SSSR count). The number of halogens is 1. The van der Waals surface area contributed by atoms with Gasteiger partial charge in [-0.25, -0.2) is 0 Å². The third-order valence-corrected chi connectivity index (χ3v) is 6.48. The number of fused-ring (bicyclic) bond motifs is 10. The van der Waals surface area contributed by atoms with Gasteiger partial charge in [0.25, 0.3) is 0 Å². The third-order valence-electron chi connectivity index (χ3n) is 5.82. The van der Waals surface area contributed by atoms with E-state index in [1.807, 2.05) is 6.20 Å². The van der Waals surface area contributed by atoms with E-state index in [-0.39, 0.29) is 5.41 Å². The Hall–Kier alpha value is -2.71. The van der Waals surface area contributed by atoms with Gasteiger partial charge in [-0.05, 0) is 39.9 Å². The molecule has 0 saturated heterocycles. The van der Waals surface area contributed by atoms with E-state index in [2.05, 4.69) is 94.8 Å². The van der Waals surface area contributed by atoms with Crippen LogP contribution >= 0.6 is 15.9 Å². The van der Waals surface area contributed by atoms with E-state index in [1.165, 1.54) is 38.9 Å². The zero-order chi connectivity index (χ0) is 17.3. The summed E-state index contributed by atoms with van der Waals surface area (Å²) in [5, 5.41) is 0. The highest BCUT2D eigenvalue weighted by Crippen LogP contribution is 2.63. The molecular weight excluding hydrogens is 382 g/mol. The first-order chi connectivity index (χ1) is 12.8. The van der Waals surface area contributed by atoms with Crippen LogP contribution in [0.4, 0.5) is 0 Å². The molecule has 0 fully saturated rings. The normalized spacial score (nSPS) is 18.3. The summed E-state index contributed by atoms with van der Waals surface area (Å²) >= 11 is 3.81. The van der Waals surface area contributed by atoms with Crippen molar-refractivity contribution in [3.63, 3.8) is 0 Å². The van der Waals surface area contributed by atoms with Crippen LogP contribution in [-0.2, 0) is 5.41 Å². The molecule has 1 spiro atoms. The van der Waals surface area contributed by atoms with E-state index in [0.29, 0.717) is 0 Å². The van der Waals surface area contributed by atoms with Crippen molar-refractivity contribution >= 4 is 15.9 Å². The Morgan fingerprint density at radius 1 is 0.615 bits per heavy atom. The molecule has 0 bridgehead atoms. The summed E-state index contributed by atoms with van der Waals surface area (Å²) in [4.78, 5) is 4.78. The molecule has 0 radical (unpaired) electrons. The molecule has 0 N–H and O–H groups in total. The van der Waals surface area contributed by atoms with Crippen LogP contribution in [0, 0.1) is 0 Å². The number of hydrogen-bond donors (Lipinski definition) is 0. The predicted octanol–water partition coefficient (Wildman–Crippen LogP) is 6.19. The highest BCUT2D eigenvalue weighted by Gasteiger charge is 2.52. The molecule has 1 unspecified atom stereocenters. The van der Waals surface area contributed by atoms with Gasteiger partial charge in [0, 0.05) is 21.8 Å². The van der Waals surface area contributed by atoms with Crippen molar-refractivity contribution in [1.82, 2.24) is 4.98 Å². The molecule has 26 heavy (non-hydrogen) atoms. The summed E-state index contributed by atoms with van der Waals surface area (Å²) in [7, 11) is 0. The lowest BCUT2D eigenvalue weighted by Crippen LogP contribution is -2.25. The molecule has 0 aliphatic heterocycles.